The van der Waals surface area contributed by atoms with Crippen molar-refractivity contribution in [3.63, 3.8) is 0 Å². The SMILES string of the molecule is CNC[C@@H]1C[C@@]2(C(=O)OC)Cc3ccccc3[C@@]2(c2ccccc2)O1. The van der Waals surface area contributed by atoms with Crippen LogP contribution in [0.3, 0.4) is 0 Å². The highest BCUT2D eigenvalue weighted by atomic mass is 16.5. The van der Waals surface area contributed by atoms with Gasteiger partial charge in [-0.2, -0.15) is 0 Å². The van der Waals surface area contributed by atoms with E-state index >= 15 is 0 Å². The molecular weight excluding hydrogens is 314 g/mol. The van der Waals surface area contributed by atoms with Gasteiger partial charge in [0.25, 0.3) is 0 Å². The zero-order valence-electron chi connectivity index (χ0n) is 14.6. The Hall–Kier alpha value is -2.17. The molecule has 130 valence electrons. The number of benzene rings is 2. The van der Waals surface area contributed by atoms with Crippen LogP contribution in [0.5, 0.6) is 0 Å². The molecule has 0 bridgehead atoms. The molecule has 0 amide bonds. The maximum absolute atomic E-state index is 13.1. The number of fused-ring (bicyclic) bond motifs is 3. The van der Waals surface area contributed by atoms with Crippen LogP contribution in [0.15, 0.2) is 54.6 Å². The van der Waals surface area contributed by atoms with Crippen molar-refractivity contribution in [1.82, 2.24) is 5.32 Å². The van der Waals surface area contributed by atoms with Gasteiger partial charge in [0, 0.05) is 6.54 Å². The van der Waals surface area contributed by atoms with E-state index in [0.29, 0.717) is 19.4 Å². The van der Waals surface area contributed by atoms with Gasteiger partial charge in [-0.3, -0.25) is 4.79 Å². The van der Waals surface area contributed by atoms with Crippen molar-refractivity contribution >= 4 is 5.97 Å². The van der Waals surface area contributed by atoms with Gasteiger partial charge in [-0.25, -0.2) is 0 Å². The monoisotopic (exact) mass is 337 g/mol. The van der Waals surface area contributed by atoms with E-state index in [9.17, 15) is 4.79 Å². The van der Waals surface area contributed by atoms with Crippen molar-refractivity contribution in [3.05, 3.63) is 71.3 Å². The maximum Gasteiger partial charge on any atom is 0.315 e. The van der Waals surface area contributed by atoms with Crippen LogP contribution >= 0.6 is 0 Å². The average Bonchev–Trinajstić information content (AvgIpc) is 3.11. The summed E-state index contributed by atoms with van der Waals surface area (Å²) in [5.74, 6) is -0.189. The van der Waals surface area contributed by atoms with Crippen molar-refractivity contribution in [2.45, 2.75) is 24.5 Å². The van der Waals surface area contributed by atoms with Crippen molar-refractivity contribution in [3.8, 4) is 0 Å². The van der Waals surface area contributed by atoms with Gasteiger partial charge < -0.3 is 14.8 Å². The molecule has 2 aromatic rings. The molecule has 1 fully saturated rings. The second-order valence-corrected chi connectivity index (χ2v) is 6.96. The highest BCUT2D eigenvalue weighted by Gasteiger charge is 2.69. The Balaban J connectivity index is 1.98. The van der Waals surface area contributed by atoms with Gasteiger partial charge in [-0.1, -0.05) is 54.6 Å². The molecule has 0 aromatic heterocycles. The van der Waals surface area contributed by atoms with Crippen LogP contribution in [0.4, 0.5) is 0 Å². The molecule has 1 aliphatic carbocycles. The van der Waals surface area contributed by atoms with Gasteiger partial charge >= 0.3 is 5.97 Å². The van der Waals surface area contributed by atoms with Crippen molar-refractivity contribution in [1.29, 1.82) is 0 Å². The quantitative estimate of drug-likeness (QED) is 0.872. The van der Waals surface area contributed by atoms with Crippen LogP contribution in [-0.4, -0.2) is 32.8 Å². The van der Waals surface area contributed by atoms with Crippen LogP contribution in [0, 0.1) is 5.41 Å². The molecule has 25 heavy (non-hydrogen) atoms. The first-order valence-corrected chi connectivity index (χ1v) is 8.73. The van der Waals surface area contributed by atoms with E-state index in [1.165, 1.54) is 12.7 Å². The summed E-state index contributed by atoms with van der Waals surface area (Å²) in [6, 6.07) is 18.3. The number of ether oxygens (including phenoxy) is 2. The van der Waals surface area contributed by atoms with Gasteiger partial charge in [-0.05, 0) is 36.6 Å². The molecule has 2 aromatic carbocycles. The predicted molar refractivity (Wildman–Crippen MR) is 95.2 cm³/mol. The highest BCUT2D eigenvalue weighted by Crippen LogP contribution is 2.63. The number of carbonyl (C=O) groups is 1. The van der Waals surface area contributed by atoms with Crippen LogP contribution in [0.1, 0.15) is 23.1 Å². The summed E-state index contributed by atoms with van der Waals surface area (Å²) in [5.41, 5.74) is 1.75. The third-order valence-corrected chi connectivity index (χ3v) is 5.67. The average molecular weight is 337 g/mol. The fraction of sp³-hybridized carbons (Fsp3) is 0.381. The zero-order valence-corrected chi connectivity index (χ0v) is 14.6. The third kappa shape index (κ3) is 2.11. The van der Waals surface area contributed by atoms with E-state index in [1.807, 2.05) is 37.4 Å². The lowest BCUT2D eigenvalue weighted by Gasteiger charge is -2.38. The smallest absolute Gasteiger partial charge is 0.315 e. The topological polar surface area (TPSA) is 47.6 Å². The Kier molecular flexibility index (Phi) is 3.89. The molecule has 1 saturated heterocycles. The molecule has 1 heterocycles. The molecule has 4 rings (SSSR count). The fourth-order valence-corrected chi connectivity index (χ4v) is 4.81. The normalized spacial score (nSPS) is 29.9. The molecule has 1 aliphatic heterocycles. The minimum Gasteiger partial charge on any atom is -0.468 e. The summed E-state index contributed by atoms with van der Waals surface area (Å²) in [4.78, 5) is 13.1. The van der Waals surface area contributed by atoms with Gasteiger partial charge in [0.1, 0.15) is 11.0 Å². The number of hydrogen-bond acceptors (Lipinski definition) is 4. The van der Waals surface area contributed by atoms with Crippen molar-refractivity contribution in [2.24, 2.45) is 5.41 Å². The first-order chi connectivity index (χ1) is 12.2. The highest BCUT2D eigenvalue weighted by molar-refractivity contribution is 5.83. The molecular formula is C21H23NO3. The number of esters is 1. The first-order valence-electron chi connectivity index (χ1n) is 8.73. The maximum atomic E-state index is 13.1. The number of rotatable bonds is 4. The molecule has 0 saturated carbocycles. The molecule has 2 aliphatic rings. The fourth-order valence-electron chi connectivity index (χ4n) is 4.81. The molecule has 3 atom stereocenters. The Morgan fingerprint density at radius 1 is 1.20 bits per heavy atom. The lowest BCUT2D eigenvalue weighted by Crippen LogP contribution is -2.46. The summed E-state index contributed by atoms with van der Waals surface area (Å²) in [6.45, 7) is 0.704. The Labute approximate surface area is 148 Å². The van der Waals surface area contributed by atoms with Crippen molar-refractivity contribution < 1.29 is 14.3 Å². The van der Waals surface area contributed by atoms with E-state index in [0.717, 1.165) is 11.1 Å². The van der Waals surface area contributed by atoms with Crippen LogP contribution < -0.4 is 5.32 Å². The molecule has 1 N–H and O–H groups in total. The van der Waals surface area contributed by atoms with Gasteiger partial charge in [0.05, 0.1) is 13.2 Å². The number of likely N-dealkylation sites (N-methyl/N-ethyl adjacent to an activating group) is 1. The minimum absolute atomic E-state index is 0.0438. The minimum atomic E-state index is -0.792. The van der Waals surface area contributed by atoms with Gasteiger partial charge in [0.15, 0.2) is 0 Å². The molecule has 0 unspecified atom stereocenters. The van der Waals surface area contributed by atoms with E-state index in [2.05, 4.69) is 29.6 Å². The molecule has 0 spiro atoms. The molecule has 0 radical (unpaired) electrons. The first kappa shape index (κ1) is 16.3. The lowest BCUT2D eigenvalue weighted by atomic mass is 9.68. The summed E-state index contributed by atoms with van der Waals surface area (Å²) in [7, 11) is 3.38. The Morgan fingerprint density at radius 3 is 2.64 bits per heavy atom. The largest absolute Gasteiger partial charge is 0.468 e. The second-order valence-electron chi connectivity index (χ2n) is 6.96. The summed E-state index contributed by atoms with van der Waals surface area (Å²) in [6.07, 6.45) is 1.24. The number of nitrogens with one attached hydrogen (secondary N) is 1. The third-order valence-electron chi connectivity index (χ3n) is 5.67. The molecule has 4 nitrogen and oxygen atoms in total. The standard InChI is InChI=1S/C21H23NO3/c1-22-14-17-13-20(19(23)24-2)12-15-8-6-7-11-18(15)21(20,25-17)16-9-4-3-5-10-16/h3-11,17,22H,12-14H2,1-2H3/t17-,20+,21+/m0/s1. The van der Waals surface area contributed by atoms with E-state index in [-0.39, 0.29) is 12.1 Å². The molecule has 4 heteroatoms. The van der Waals surface area contributed by atoms with Crippen LogP contribution in [-0.2, 0) is 26.3 Å². The summed E-state index contributed by atoms with van der Waals surface area (Å²) < 4.78 is 12.0. The number of carbonyl (C=O) groups excluding carboxylic acids is 1. The van der Waals surface area contributed by atoms with Gasteiger partial charge in [0.2, 0.25) is 0 Å². The van der Waals surface area contributed by atoms with Crippen LogP contribution in [0.25, 0.3) is 0 Å². The van der Waals surface area contributed by atoms with Crippen molar-refractivity contribution in [2.75, 3.05) is 20.7 Å². The van der Waals surface area contributed by atoms with Gasteiger partial charge in [-0.15, -0.1) is 0 Å². The predicted octanol–water partition coefficient (Wildman–Crippen LogP) is 2.65. The Morgan fingerprint density at radius 2 is 1.92 bits per heavy atom. The second kappa shape index (κ2) is 5.97. The van der Waals surface area contributed by atoms with E-state index in [4.69, 9.17) is 9.47 Å². The Bertz CT molecular complexity index is 791. The number of hydrogen-bond donors (Lipinski definition) is 1. The lowest BCUT2D eigenvalue weighted by molar-refractivity contribution is -0.161. The zero-order chi connectivity index (χ0) is 17.5. The summed E-state index contributed by atoms with van der Waals surface area (Å²) in [5, 5.41) is 3.19. The summed E-state index contributed by atoms with van der Waals surface area (Å²) >= 11 is 0. The number of methoxy groups -OCH3 is 1. The van der Waals surface area contributed by atoms with E-state index < -0.39 is 11.0 Å². The van der Waals surface area contributed by atoms with Crippen LogP contribution in [0.2, 0.25) is 0 Å². The van der Waals surface area contributed by atoms with E-state index in [1.54, 1.807) is 0 Å².